The highest BCUT2D eigenvalue weighted by atomic mass is 16.5. The number of nitrogens with zero attached hydrogens (tertiary/aromatic N) is 2. The van der Waals surface area contributed by atoms with Gasteiger partial charge in [-0.2, -0.15) is 5.10 Å². The standard InChI is InChI=1S/C14H14N2O3/c17-14(18)12-8-9-15-16-13(12)19-10-4-7-11-5-2-1-3-6-11/h1-3,5-6,8-9H,4,7,10H2,(H,17,18). The maximum Gasteiger partial charge on any atom is 0.341 e. The predicted molar refractivity (Wildman–Crippen MR) is 69.2 cm³/mol. The summed E-state index contributed by atoms with van der Waals surface area (Å²) >= 11 is 0. The third-order valence-corrected chi connectivity index (χ3v) is 2.61. The van der Waals surface area contributed by atoms with Crippen molar-refractivity contribution in [3.63, 3.8) is 0 Å². The fourth-order valence-corrected chi connectivity index (χ4v) is 1.68. The number of benzene rings is 1. The second-order valence-electron chi connectivity index (χ2n) is 3.99. The summed E-state index contributed by atoms with van der Waals surface area (Å²) in [5.41, 5.74) is 1.26. The van der Waals surface area contributed by atoms with Crippen LogP contribution in [-0.2, 0) is 6.42 Å². The first-order chi connectivity index (χ1) is 9.27. The molecule has 0 saturated heterocycles. The minimum atomic E-state index is -1.06. The van der Waals surface area contributed by atoms with Crippen LogP contribution in [0.25, 0.3) is 0 Å². The summed E-state index contributed by atoms with van der Waals surface area (Å²) in [6, 6.07) is 11.4. The van der Waals surface area contributed by atoms with Crippen molar-refractivity contribution in [2.75, 3.05) is 6.61 Å². The Hall–Kier alpha value is -2.43. The highest BCUT2D eigenvalue weighted by Gasteiger charge is 2.12. The molecule has 0 aliphatic carbocycles. The molecule has 0 fully saturated rings. The van der Waals surface area contributed by atoms with Crippen LogP contribution in [0.4, 0.5) is 0 Å². The first-order valence-corrected chi connectivity index (χ1v) is 5.99. The van der Waals surface area contributed by atoms with Crippen LogP contribution in [0.3, 0.4) is 0 Å². The third-order valence-electron chi connectivity index (χ3n) is 2.61. The van der Waals surface area contributed by atoms with E-state index in [-0.39, 0.29) is 11.4 Å². The number of ether oxygens (including phenoxy) is 1. The Bertz CT molecular complexity index is 543. The monoisotopic (exact) mass is 258 g/mol. The van der Waals surface area contributed by atoms with Gasteiger partial charge in [0.1, 0.15) is 5.56 Å². The number of hydrogen-bond donors (Lipinski definition) is 1. The van der Waals surface area contributed by atoms with Crippen molar-refractivity contribution >= 4 is 5.97 Å². The van der Waals surface area contributed by atoms with Gasteiger partial charge in [0.15, 0.2) is 0 Å². The maximum atomic E-state index is 10.9. The van der Waals surface area contributed by atoms with Gasteiger partial charge in [-0.3, -0.25) is 0 Å². The van der Waals surface area contributed by atoms with Crippen LogP contribution in [0.2, 0.25) is 0 Å². The molecule has 2 aromatic rings. The molecule has 0 unspecified atom stereocenters. The van der Waals surface area contributed by atoms with Crippen LogP contribution in [0.5, 0.6) is 5.88 Å². The van der Waals surface area contributed by atoms with Crippen molar-refractivity contribution in [1.82, 2.24) is 10.2 Å². The van der Waals surface area contributed by atoms with Gasteiger partial charge in [-0.25, -0.2) is 4.79 Å². The molecule has 0 bridgehead atoms. The molecule has 0 spiro atoms. The molecule has 0 amide bonds. The highest BCUT2D eigenvalue weighted by Crippen LogP contribution is 2.13. The molecular formula is C14H14N2O3. The Morgan fingerprint density at radius 1 is 1.21 bits per heavy atom. The van der Waals surface area contributed by atoms with E-state index in [4.69, 9.17) is 9.84 Å². The van der Waals surface area contributed by atoms with Crippen molar-refractivity contribution in [2.45, 2.75) is 12.8 Å². The van der Waals surface area contributed by atoms with E-state index < -0.39 is 5.97 Å². The second-order valence-corrected chi connectivity index (χ2v) is 3.99. The molecule has 1 N–H and O–H groups in total. The molecule has 0 radical (unpaired) electrons. The van der Waals surface area contributed by atoms with Gasteiger partial charge in [-0.05, 0) is 24.5 Å². The average molecular weight is 258 g/mol. The molecule has 1 aromatic carbocycles. The van der Waals surface area contributed by atoms with E-state index in [2.05, 4.69) is 10.2 Å². The molecular weight excluding hydrogens is 244 g/mol. The van der Waals surface area contributed by atoms with E-state index in [1.807, 2.05) is 30.3 Å². The largest absolute Gasteiger partial charge is 0.477 e. The van der Waals surface area contributed by atoms with Crippen LogP contribution < -0.4 is 4.74 Å². The topological polar surface area (TPSA) is 72.3 Å². The van der Waals surface area contributed by atoms with Crippen LogP contribution >= 0.6 is 0 Å². The summed E-state index contributed by atoms with van der Waals surface area (Å²) in [4.78, 5) is 10.9. The van der Waals surface area contributed by atoms with Gasteiger partial charge in [0.25, 0.3) is 0 Å². The Morgan fingerprint density at radius 3 is 2.74 bits per heavy atom. The predicted octanol–water partition coefficient (Wildman–Crippen LogP) is 2.19. The zero-order chi connectivity index (χ0) is 13.5. The van der Waals surface area contributed by atoms with Crippen molar-refractivity contribution < 1.29 is 14.6 Å². The fourth-order valence-electron chi connectivity index (χ4n) is 1.68. The van der Waals surface area contributed by atoms with Crippen molar-refractivity contribution in [1.29, 1.82) is 0 Å². The van der Waals surface area contributed by atoms with Gasteiger partial charge in [-0.15, -0.1) is 5.10 Å². The fraction of sp³-hybridized carbons (Fsp3) is 0.214. The smallest absolute Gasteiger partial charge is 0.341 e. The van der Waals surface area contributed by atoms with Crippen LogP contribution in [-0.4, -0.2) is 27.9 Å². The van der Waals surface area contributed by atoms with E-state index in [0.29, 0.717) is 6.61 Å². The molecule has 98 valence electrons. The number of aromatic nitrogens is 2. The molecule has 0 aliphatic heterocycles. The summed E-state index contributed by atoms with van der Waals surface area (Å²) in [6.07, 6.45) is 3.00. The van der Waals surface area contributed by atoms with Crippen LogP contribution in [0, 0.1) is 0 Å². The zero-order valence-electron chi connectivity index (χ0n) is 10.3. The zero-order valence-corrected chi connectivity index (χ0v) is 10.3. The molecule has 19 heavy (non-hydrogen) atoms. The third kappa shape index (κ3) is 3.77. The number of aromatic carboxylic acids is 1. The number of carboxylic acids is 1. The Kier molecular flexibility index (Phi) is 4.44. The summed E-state index contributed by atoms with van der Waals surface area (Å²) < 4.78 is 5.37. The lowest BCUT2D eigenvalue weighted by Gasteiger charge is -2.06. The van der Waals surface area contributed by atoms with Gasteiger partial charge >= 0.3 is 5.97 Å². The maximum absolute atomic E-state index is 10.9. The Balaban J connectivity index is 1.85. The Labute approximate surface area is 110 Å². The molecule has 0 aliphatic rings. The number of carboxylic acid groups (broad SMARTS) is 1. The minimum Gasteiger partial charge on any atom is -0.477 e. The van der Waals surface area contributed by atoms with E-state index in [9.17, 15) is 4.79 Å². The van der Waals surface area contributed by atoms with E-state index >= 15 is 0 Å². The molecule has 2 rings (SSSR count). The highest BCUT2D eigenvalue weighted by molar-refractivity contribution is 5.89. The lowest BCUT2D eigenvalue weighted by Crippen LogP contribution is -2.07. The molecule has 0 saturated carbocycles. The number of carbonyl (C=O) groups is 1. The summed E-state index contributed by atoms with van der Waals surface area (Å²) in [5, 5.41) is 16.3. The number of rotatable bonds is 6. The second kappa shape index (κ2) is 6.49. The van der Waals surface area contributed by atoms with Crippen molar-refractivity contribution in [3.05, 3.63) is 53.7 Å². The van der Waals surface area contributed by atoms with Gasteiger partial charge < -0.3 is 9.84 Å². The molecule has 0 atom stereocenters. The van der Waals surface area contributed by atoms with Crippen molar-refractivity contribution in [2.24, 2.45) is 0 Å². The van der Waals surface area contributed by atoms with Crippen LogP contribution in [0.15, 0.2) is 42.6 Å². The quantitative estimate of drug-likeness (QED) is 0.804. The first-order valence-electron chi connectivity index (χ1n) is 5.99. The van der Waals surface area contributed by atoms with Gasteiger partial charge in [-0.1, -0.05) is 30.3 Å². The summed E-state index contributed by atoms with van der Waals surface area (Å²) in [6.45, 7) is 0.411. The lowest BCUT2D eigenvalue weighted by atomic mass is 10.1. The van der Waals surface area contributed by atoms with E-state index in [0.717, 1.165) is 12.8 Å². The van der Waals surface area contributed by atoms with Crippen LogP contribution in [0.1, 0.15) is 22.3 Å². The molecule has 5 nitrogen and oxygen atoms in total. The summed E-state index contributed by atoms with van der Waals surface area (Å²) in [7, 11) is 0. The normalized spacial score (nSPS) is 10.1. The SMILES string of the molecule is O=C(O)c1ccnnc1OCCCc1ccccc1. The molecule has 1 aromatic heterocycles. The average Bonchev–Trinajstić information content (AvgIpc) is 2.45. The van der Waals surface area contributed by atoms with E-state index in [1.54, 1.807) is 0 Å². The minimum absolute atomic E-state index is 0.0368. The molecule has 1 heterocycles. The lowest BCUT2D eigenvalue weighted by molar-refractivity contribution is 0.0690. The van der Waals surface area contributed by atoms with Gasteiger partial charge in [0, 0.05) is 0 Å². The molecule has 5 heteroatoms. The number of aryl methyl sites for hydroxylation is 1. The Morgan fingerprint density at radius 2 is 2.00 bits per heavy atom. The first kappa shape index (κ1) is 13.0. The van der Waals surface area contributed by atoms with E-state index in [1.165, 1.54) is 17.8 Å². The van der Waals surface area contributed by atoms with Crippen molar-refractivity contribution in [3.8, 4) is 5.88 Å². The number of hydrogen-bond acceptors (Lipinski definition) is 4. The van der Waals surface area contributed by atoms with Gasteiger partial charge in [0.2, 0.25) is 5.88 Å². The summed E-state index contributed by atoms with van der Waals surface area (Å²) in [5.74, 6) is -0.990. The van der Waals surface area contributed by atoms with Gasteiger partial charge in [0.05, 0.1) is 12.8 Å².